The minimum Gasteiger partial charge on any atom is -0.480 e. The summed E-state index contributed by atoms with van der Waals surface area (Å²) in [5.41, 5.74) is 0. The molecule has 20 heavy (non-hydrogen) atoms. The normalized spacial score (nSPS) is 11.6. The zero-order valence-electron chi connectivity index (χ0n) is 12.1. The quantitative estimate of drug-likeness (QED) is 0.549. The summed E-state index contributed by atoms with van der Waals surface area (Å²) in [7, 11) is 3.16. The van der Waals surface area contributed by atoms with E-state index < -0.39 is 18.0 Å². The molecule has 0 bridgehead atoms. The number of nitrogens with zero attached hydrogens (tertiary/aromatic N) is 2. The van der Waals surface area contributed by atoms with Crippen molar-refractivity contribution in [1.29, 1.82) is 0 Å². The molecule has 3 N–H and O–H groups in total. The van der Waals surface area contributed by atoms with Crippen LogP contribution in [0.5, 0.6) is 0 Å². The molecule has 0 aromatic carbocycles. The van der Waals surface area contributed by atoms with Crippen LogP contribution in [0.3, 0.4) is 0 Å². The van der Waals surface area contributed by atoms with Crippen molar-refractivity contribution in [2.75, 3.05) is 33.8 Å². The summed E-state index contributed by atoms with van der Waals surface area (Å²) in [5.74, 6) is -1.47. The van der Waals surface area contributed by atoms with Crippen molar-refractivity contribution < 1.29 is 24.6 Å². The number of likely N-dealkylation sites (N-methyl/N-ethyl adjacent to an activating group) is 1. The topological polar surface area (TPSA) is 110 Å². The number of urea groups is 1. The molecule has 0 radical (unpaired) electrons. The largest absolute Gasteiger partial charge is 0.480 e. The predicted octanol–water partition coefficient (Wildman–Crippen LogP) is -0.668. The van der Waals surface area contributed by atoms with Crippen LogP contribution in [-0.2, 0) is 9.59 Å². The van der Waals surface area contributed by atoms with Crippen molar-refractivity contribution in [3.05, 3.63) is 0 Å². The fourth-order valence-electron chi connectivity index (χ4n) is 1.45. The molecule has 3 amide bonds. The fourth-order valence-corrected chi connectivity index (χ4v) is 1.45. The average Bonchev–Trinajstić information content (AvgIpc) is 2.37. The molecule has 0 rings (SSSR count). The number of rotatable bonds is 8. The lowest BCUT2D eigenvalue weighted by atomic mass is 10.2. The third kappa shape index (κ3) is 6.37. The molecule has 0 heterocycles. The first-order valence-electron chi connectivity index (χ1n) is 6.42. The van der Waals surface area contributed by atoms with Gasteiger partial charge in [-0.15, -0.1) is 0 Å². The maximum atomic E-state index is 12.0. The number of aliphatic hydroxyl groups excluding tert-OH is 1. The second-order valence-corrected chi connectivity index (χ2v) is 4.56. The molecule has 116 valence electrons. The minimum absolute atomic E-state index is 0.0807. The van der Waals surface area contributed by atoms with Crippen molar-refractivity contribution >= 4 is 17.9 Å². The molecule has 0 aliphatic carbocycles. The van der Waals surface area contributed by atoms with Crippen molar-refractivity contribution in [3.8, 4) is 0 Å². The Bertz CT molecular complexity index is 346. The highest BCUT2D eigenvalue weighted by Crippen LogP contribution is 1.98. The van der Waals surface area contributed by atoms with E-state index >= 15 is 0 Å². The summed E-state index contributed by atoms with van der Waals surface area (Å²) in [6.45, 7) is 1.74. The third-order valence-electron chi connectivity index (χ3n) is 2.62. The van der Waals surface area contributed by atoms with Crippen LogP contribution in [0, 0.1) is 0 Å². The van der Waals surface area contributed by atoms with Gasteiger partial charge in [0.15, 0.2) is 0 Å². The smallest absolute Gasteiger partial charge is 0.326 e. The Morgan fingerprint density at radius 2 is 1.85 bits per heavy atom. The highest BCUT2D eigenvalue weighted by Gasteiger charge is 2.24. The zero-order valence-corrected chi connectivity index (χ0v) is 12.1. The molecule has 0 aliphatic heterocycles. The zero-order chi connectivity index (χ0) is 15.7. The molecular formula is C12H23N3O5. The van der Waals surface area contributed by atoms with Gasteiger partial charge in [-0.25, -0.2) is 9.59 Å². The van der Waals surface area contributed by atoms with Crippen LogP contribution >= 0.6 is 0 Å². The predicted molar refractivity (Wildman–Crippen MR) is 72.2 cm³/mol. The van der Waals surface area contributed by atoms with E-state index in [1.165, 1.54) is 9.80 Å². The molecule has 0 fully saturated rings. The summed E-state index contributed by atoms with van der Waals surface area (Å²) in [5, 5.41) is 20.0. The first kappa shape index (κ1) is 18.2. The number of carbonyl (C=O) groups is 3. The molecule has 0 spiro atoms. The van der Waals surface area contributed by atoms with E-state index in [2.05, 4.69) is 5.32 Å². The Kier molecular flexibility index (Phi) is 8.30. The molecule has 0 saturated heterocycles. The van der Waals surface area contributed by atoms with Crippen LogP contribution in [0.25, 0.3) is 0 Å². The second-order valence-electron chi connectivity index (χ2n) is 4.56. The standard InChI is InChI=1S/C12H23N3O5/c1-4-6-15(8-10(17)14(2)3)12(20)13-9(5-7-16)11(18)19/h9,16H,4-8H2,1-3H3,(H,13,20)(H,18,19). The molecule has 1 unspecified atom stereocenters. The lowest BCUT2D eigenvalue weighted by molar-refractivity contribution is -0.139. The number of hydrogen-bond donors (Lipinski definition) is 3. The molecule has 0 saturated carbocycles. The molecule has 0 aromatic rings. The Hall–Kier alpha value is -1.83. The van der Waals surface area contributed by atoms with Gasteiger partial charge in [-0.3, -0.25) is 4.79 Å². The Morgan fingerprint density at radius 3 is 2.25 bits per heavy atom. The van der Waals surface area contributed by atoms with Crippen LogP contribution in [0.4, 0.5) is 4.79 Å². The first-order valence-corrected chi connectivity index (χ1v) is 6.42. The van der Waals surface area contributed by atoms with Crippen molar-refractivity contribution in [2.45, 2.75) is 25.8 Å². The SMILES string of the molecule is CCCN(CC(=O)N(C)C)C(=O)NC(CCO)C(=O)O. The van der Waals surface area contributed by atoms with E-state index in [1.807, 2.05) is 6.92 Å². The number of nitrogens with one attached hydrogen (secondary N) is 1. The van der Waals surface area contributed by atoms with E-state index in [9.17, 15) is 14.4 Å². The number of hydrogen-bond acceptors (Lipinski definition) is 4. The summed E-state index contributed by atoms with van der Waals surface area (Å²) in [6, 6.07) is -1.79. The summed E-state index contributed by atoms with van der Waals surface area (Å²) < 4.78 is 0. The Morgan fingerprint density at radius 1 is 1.25 bits per heavy atom. The number of aliphatic hydroxyl groups is 1. The van der Waals surface area contributed by atoms with Gasteiger partial charge in [0.25, 0.3) is 0 Å². The maximum absolute atomic E-state index is 12.0. The van der Waals surface area contributed by atoms with E-state index in [1.54, 1.807) is 14.1 Å². The number of amides is 3. The lowest BCUT2D eigenvalue weighted by Crippen LogP contribution is -2.50. The molecule has 0 aliphatic rings. The van der Waals surface area contributed by atoms with Crippen LogP contribution in [0.1, 0.15) is 19.8 Å². The molecule has 1 atom stereocenters. The van der Waals surface area contributed by atoms with E-state index in [0.29, 0.717) is 13.0 Å². The highest BCUT2D eigenvalue weighted by atomic mass is 16.4. The van der Waals surface area contributed by atoms with Gasteiger partial charge in [0.1, 0.15) is 12.6 Å². The molecule has 0 aromatic heterocycles. The van der Waals surface area contributed by atoms with Gasteiger partial charge in [0.2, 0.25) is 5.91 Å². The van der Waals surface area contributed by atoms with Gasteiger partial charge in [-0.1, -0.05) is 6.92 Å². The minimum atomic E-state index is -1.22. The van der Waals surface area contributed by atoms with Crippen molar-refractivity contribution in [3.63, 3.8) is 0 Å². The average molecular weight is 289 g/mol. The van der Waals surface area contributed by atoms with Crippen LogP contribution < -0.4 is 5.32 Å². The molecular weight excluding hydrogens is 266 g/mol. The highest BCUT2D eigenvalue weighted by molar-refractivity contribution is 5.86. The number of carbonyl (C=O) groups excluding carboxylic acids is 2. The lowest BCUT2D eigenvalue weighted by Gasteiger charge is -2.25. The summed E-state index contributed by atoms with van der Waals surface area (Å²) >= 11 is 0. The van der Waals surface area contributed by atoms with Gasteiger partial charge in [0, 0.05) is 33.7 Å². The number of carboxylic acids is 1. The van der Waals surface area contributed by atoms with E-state index in [-0.39, 0.29) is 25.5 Å². The van der Waals surface area contributed by atoms with Gasteiger partial charge in [-0.2, -0.15) is 0 Å². The third-order valence-corrected chi connectivity index (χ3v) is 2.62. The molecule has 8 nitrogen and oxygen atoms in total. The van der Waals surface area contributed by atoms with Gasteiger partial charge < -0.3 is 25.3 Å². The van der Waals surface area contributed by atoms with Crippen molar-refractivity contribution in [1.82, 2.24) is 15.1 Å². The fraction of sp³-hybridized carbons (Fsp3) is 0.750. The Balaban J connectivity index is 4.70. The van der Waals surface area contributed by atoms with Crippen LogP contribution in [-0.4, -0.2) is 77.8 Å². The van der Waals surface area contributed by atoms with E-state index in [0.717, 1.165) is 0 Å². The summed E-state index contributed by atoms with van der Waals surface area (Å²) in [4.78, 5) is 37.1. The Labute approximate surface area is 118 Å². The van der Waals surface area contributed by atoms with Crippen molar-refractivity contribution in [2.24, 2.45) is 0 Å². The monoisotopic (exact) mass is 289 g/mol. The number of carboxylic acid groups (broad SMARTS) is 1. The van der Waals surface area contributed by atoms with Gasteiger partial charge in [0.05, 0.1) is 0 Å². The summed E-state index contributed by atoms with van der Waals surface area (Å²) in [6.07, 6.45) is 0.564. The number of aliphatic carboxylic acids is 1. The molecule has 8 heteroatoms. The van der Waals surface area contributed by atoms with Gasteiger partial charge >= 0.3 is 12.0 Å². The van der Waals surface area contributed by atoms with Crippen LogP contribution in [0.15, 0.2) is 0 Å². The maximum Gasteiger partial charge on any atom is 0.326 e. The van der Waals surface area contributed by atoms with Crippen LogP contribution in [0.2, 0.25) is 0 Å². The van der Waals surface area contributed by atoms with E-state index in [4.69, 9.17) is 10.2 Å². The second kappa shape index (κ2) is 9.13. The first-order chi connectivity index (χ1) is 9.33. The van der Waals surface area contributed by atoms with Gasteiger partial charge in [-0.05, 0) is 6.42 Å².